The van der Waals surface area contributed by atoms with Crippen molar-refractivity contribution >= 4 is 17.6 Å². The minimum atomic E-state index is -0.342. The van der Waals surface area contributed by atoms with Crippen LogP contribution in [-0.4, -0.2) is 56.7 Å². The van der Waals surface area contributed by atoms with Gasteiger partial charge in [-0.2, -0.15) is 0 Å². The molecule has 1 aliphatic heterocycles. The summed E-state index contributed by atoms with van der Waals surface area (Å²) in [5.41, 5.74) is 1.75. The lowest BCUT2D eigenvalue weighted by Crippen LogP contribution is -2.35. The van der Waals surface area contributed by atoms with E-state index in [4.69, 9.17) is 0 Å². The summed E-state index contributed by atoms with van der Waals surface area (Å²) < 4.78 is 1.59. The van der Waals surface area contributed by atoms with Crippen molar-refractivity contribution in [2.75, 3.05) is 25.0 Å². The third-order valence-corrected chi connectivity index (χ3v) is 3.34. The molecule has 114 valence electrons. The van der Waals surface area contributed by atoms with Crippen LogP contribution in [-0.2, 0) is 11.8 Å². The van der Waals surface area contributed by atoms with Gasteiger partial charge in [0.2, 0.25) is 5.91 Å². The highest BCUT2D eigenvalue weighted by Gasteiger charge is 2.27. The molecule has 1 aliphatic rings. The van der Waals surface area contributed by atoms with E-state index >= 15 is 0 Å². The average Bonchev–Trinajstić information content (AvgIpc) is 3.07. The molecule has 0 radical (unpaired) electrons. The Morgan fingerprint density at radius 1 is 1.36 bits per heavy atom. The van der Waals surface area contributed by atoms with Crippen molar-refractivity contribution in [1.82, 2.24) is 30.4 Å². The lowest BCUT2D eigenvalue weighted by atomic mass is 10.2. The lowest BCUT2D eigenvalue weighted by Gasteiger charge is -2.13. The largest absolute Gasteiger partial charge is 0.383 e. The monoisotopic (exact) mass is 301 g/mol. The number of imide groups is 1. The van der Waals surface area contributed by atoms with Gasteiger partial charge in [0.15, 0.2) is 5.82 Å². The smallest absolute Gasteiger partial charge is 0.324 e. The molecule has 2 N–H and O–H groups in total. The van der Waals surface area contributed by atoms with E-state index in [9.17, 15) is 9.59 Å². The van der Waals surface area contributed by atoms with Gasteiger partial charge in [0.25, 0.3) is 0 Å². The summed E-state index contributed by atoms with van der Waals surface area (Å²) in [5, 5.41) is 17.0. The Balaban J connectivity index is 1.63. The fraction of sp³-hybridized carbons (Fsp3) is 0.308. The van der Waals surface area contributed by atoms with Gasteiger partial charge in [-0.1, -0.05) is 12.1 Å². The van der Waals surface area contributed by atoms with Gasteiger partial charge >= 0.3 is 6.03 Å². The van der Waals surface area contributed by atoms with Crippen LogP contribution in [0.25, 0.3) is 11.4 Å². The number of nitrogens with zero attached hydrogens (tertiary/aromatic N) is 5. The van der Waals surface area contributed by atoms with E-state index < -0.39 is 0 Å². The van der Waals surface area contributed by atoms with Crippen molar-refractivity contribution in [2.24, 2.45) is 7.05 Å². The second-order valence-electron chi connectivity index (χ2n) is 4.84. The van der Waals surface area contributed by atoms with Crippen LogP contribution in [0.15, 0.2) is 24.3 Å². The maximum Gasteiger partial charge on any atom is 0.324 e. The number of tetrazole rings is 1. The van der Waals surface area contributed by atoms with Gasteiger partial charge in [-0.15, -0.1) is 5.10 Å². The molecule has 9 nitrogen and oxygen atoms in total. The fourth-order valence-corrected chi connectivity index (χ4v) is 2.24. The molecular weight excluding hydrogens is 286 g/mol. The van der Waals surface area contributed by atoms with Crippen molar-refractivity contribution in [1.29, 1.82) is 0 Å². The Hall–Kier alpha value is -2.97. The number of urea groups is 1. The first-order valence-electron chi connectivity index (χ1n) is 6.80. The zero-order valence-electron chi connectivity index (χ0n) is 12.0. The first-order chi connectivity index (χ1) is 10.6. The van der Waals surface area contributed by atoms with Gasteiger partial charge in [-0.25, -0.2) is 9.48 Å². The van der Waals surface area contributed by atoms with Crippen molar-refractivity contribution in [3.8, 4) is 11.4 Å². The molecule has 1 saturated heterocycles. The number of benzene rings is 1. The van der Waals surface area contributed by atoms with Gasteiger partial charge in [0, 0.05) is 31.4 Å². The van der Waals surface area contributed by atoms with Crippen LogP contribution in [0.4, 0.5) is 10.5 Å². The number of carbonyl (C=O) groups excluding carboxylic acids is 2. The summed E-state index contributed by atoms with van der Waals surface area (Å²) in [6, 6.07) is 7.27. The van der Waals surface area contributed by atoms with E-state index in [1.54, 1.807) is 11.7 Å². The summed E-state index contributed by atoms with van der Waals surface area (Å²) in [6.45, 7) is 0.869. The molecule has 1 aromatic carbocycles. The first kappa shape index (κ1) is 14.0. The molecule has 0 bridgehead atoms. The Labute approximate surface area is 126 Å². The van der Waals surface area contributed by atoms with Crippen LogP contribution in [0.2, 0.25) is 0 Å². The number of anilines is 1. The highest BCUT2D eigenvalue weighted by Crippen LogP contribution is 2.19. The van der Waals surface area contributed by atoms with Crippen molar-refractivity contribution in [3.63, 3.8) is 0 Å². The van der Waals surface area contributed by atoms with Crippen molar-refractivity contribution in [2.45, 2.75) is 0 Å². The summed E-state index contributed by atoms with van der Waals surface area (Å²) in [6.07, 6.45) is 0. The zero-order chi connectivity index (χ0) is 15.5. The first-order valence-corrected chi connectivity index (χ1v) is 6.80. The number of hydrogen-bond acceptors (Lipinski definition) is 6. The van der Waals surface area contributed by atoms with E-state index in [0.29, 0.717) is 18.9 Å². The standard InChI is InChI=1S/C13H15N7O2/c1-19-12(16-17-18-19)9-3-2-4-10(7-9)14-5-6-20-11(21)8-15-13(20)22/h2-4,7,14H,5-6,8H2,1H3,(H,15,22). The molecule has 22 heavy (non-hydrogen) atoms. The molecular formula is C13H15N7O2. The molecule has 0 atom stereocenters. The second-order valence-corrected chi connectivity index (χ2v) is 4.84. The number of rotatable bonds is 5. The van der Waals surface area contributed by atoms with E-state index in [2.05, 4.69) is 26.2 Å². The second kappa shape index (κ2) is 5.80. The van der Waals surface area contributed by atoms with Crippen molar-refractivity contribution in [3.05, 3.63) is 24.3 Å². The Morgan fingerprint density at radius 3 is 2.91 bits per heavy atom. The third-order valence-electron chi connectivity index (χ3n) is 3.34. The summed E-state index contributed by atoms with van der Waals surface area (Å²) in [5.74, 6) is 0.462. The molecule has 0 saturated carbocycles. The zero-order valence-corrected chi connectivity index (χ0v) is 12.0. The van der Waals surface area contributed by atoms with Crippen LogP contribution in [0.5, 0.6) is 0 Å². The molecule has 2 heterocycles. The summed E-state index contributed by atoms with van der Waals surface area (Å²) >= 11 is 0. The fourth-order valence-electron chi connectivity index (χ4n) is 2.24. The summed E-state index contributed by atoms with van der Waals surface area (Å²) in [7, 11) is 1.77. The number of aromatic nitrogens is 4. The summed E-state index contributed by atoms with van der Waals surface area (Å²) in [4.78, 5) is 24.1. The minimum absolute atomic E-state index is 0.0769. The van der Waals surface area contributed by atoms with Crippen LogP contribution >= 0.6 is 0 Å². The molecule has 2 aromatic rings. The Bertz CT molecular complexity index is 696. The highest BCUT2D eigenvalue weighted by atomic mass is 16.2. The van der Waals surface area contributed by atoms with Crippen LogP contribution in [0.1, 0.15) is 0 Å². The predicted molar refractivity (Wildman–Crippen MR) is 77.8 cm³/mol. The maximum absolute atomic E-state index is 11.5. The average molecular weight is 301 g/mol. The van der Waals surface area contributed by atoms with Crippen molar-refractivity contribution < 1.29 is 9.59 Å². The Morgan fingerprint density at radius 2 is 2.23 bits per heavy atom. The maximum atomic E-state index is 11.5. The molecule has 3 rings (SSSR count). The van der Waals surface area contributed by atoms with Crippen LogP contribution in [0.3, 0.4) is 0 Å². The molecule has 9 heteroatoms. The van der Waals surface area contributed by atoms with Crippen LogP contribution < -0.4 is 10.6 Å². The van der Waals surface area contributed by atoms with E-state index in [0.717, 1.165) is 11.3 Å². The molecule has 0 unspecified atom stereocenters. The molecule has 3 amide bonds. The van der Waals surface area contributed by atoms with E-state index in [-0.39, 0.29) is 18.5 Å². The number of amides is 3. The number of carbonyl (C=O) groups is 2. The molecule has 1 fully saturated rings. The van der Waals surface area contributed by atoms with Gasteiger partial charge in [-0.3, -0.25) is 9.69 Å². The lowest BCUT2D eigenvalue weighted by molar-refractivity contribution is -0.124. The minimum Gasteiger partial charge on any atom is -0.383 e. The molecule has 1 aromatic heterocycles. The van der Waals surface area contributed by atoms with Crippen LogP contribution in [0, 0.1) is 0 Å². The Kier molecular flexibility index (Phi) is 3.69. The van der Waals surface area contributed by atoms with Gasteiger partial charge < -0.3 is 10.6 Å². The number of nitrogens with one attached hydrogen (secondary N) is 2. The topological polar surface area (TPSA) is 105 Å². The van der Waals surface area contributed by atoms with E-state index in [1.165, 1.54) is 4.90 Å². The normalized spacial score (nSPS) is 14.3. The SMILES string of the molecule is Cn1nnnc1-c1cccc(NCCN2C(=O)CNC2=O)c1. The molecule has 0 spiro atoms. The van der Waals surface area contributed by atoms with E-state index in [1.807, 2.05) is 24.3 Å². The number of hydrogen-bond donors (Lipinski definition) is 2. The number of aryl methyl sites for hydroxylation is 1. The van der Waals surface area contributed by atoms with Gasteiger partial charge in [0.1, 0.15) is 0 Å². The quantitative estimate of drug-likeness (QED) is 0.744. The predicted octanol–water partition coefficient (Wildman–Crippen LogP) is -0.159. The molecule has 0 aliphatic carbocycles. The van der Waals surface area contributed by atoms with Gasteiger partial charge in [0.05, 0.1) is 6.54 Å². The third kappa shape index (κ3) is 2.73. The highest BCUT2D eigenvalue weighted by molar-refractivity contribution is 6.01. The van der Waals surface area contributed by atoms with Gasteiger partial charge in [-0.05, 0) is 22.6 Å².